The van der Waals surface area contributed by atoms with E-state index in [-0.39, 0.29) is 19.0 Å². The normalized spacial score (nSPS) is 11.9. The highest BCUT2D eigenvalue weighted by Crippen LogP contribution is 2.20. The molecule has 1 aromatic carbocycles. The minimum atomic E-state index is -0.394. The molecule has 2 heterocycles. The van der Waals surface area contributed by atoms with Gasteiger partial charge in [0.2, 0.25) is 0 Å². The molecule has 8 nitrogen and oxygen atoms in total. The third kappa shape index (κ3) is 4.68. The highest BCUT2D eigenvalue weighted by atomic mass is 32.1. The summed E-state index contributed by atoms with van der Waals surface area (Å²) in [6.07, 6.45) is 6.07. The number of hydrogen-bond acceptors (Lipinski definition) is 6. The van der Waals surface area contributed by atoms with Gasteiger partial charge >= 0.3 is 5.97 Å². The predicted molar refractivity (Wildman–Crippen MR) is 101 cm³/mol. The van der Waals surface area contributed by atoms with Crippen LogP contribution in [0, 0.1) is 0 Å². The first-order chi connectivity index (χ1) is 13.1. The molecule has 2 aromatic heterocycles. The van der Waals surface area contributed by atoms with Crippen LogP contribution in [0.4, 0.5) is 0 Å². The lowest BCUT2D eigenvalue weighted by atomic mass is 10.1. The van der Waals surface area contributed by atoms with Crippen molar-refractivity contribution in [2.45, 2.75) is 39.3 Å². The fourth-order valence-electron chi connectivity index (χ4n) is 2.68. The van der Waals surface area contributed by atoms with Gasteiger partial charge in [0.1, 0.15) is 25.7 Å². The van der Waals surface area contributed by atoms with Gasteiger partial charge in [0.25, 0.3) is 5.91 Å². The summed E-state index contributed by atoms with van der Waals surface area (Å²) in [7, 11) is 1.34. The van der Waals surface area contributed by atoms with Gasteiger partial charge in [-0.05, 0) is 30.5 Å². The molecule has 0 aliphatic rings. The van der Waals surface area contributed by atoms with E-state index in [9.17, 15) is 9.59 Å². The Morgan fingerprint density at radius 3 is 2.85 bits per heavy atom. The van der Waals surface area contributed by atoms with E-state index in [1.165, 1.54) is 41.3 Å². The number of carbonyl (C=O) groups excluding carboxylic acids is 2. The van der Waals surface area contributed by atoms with Gasteiger partial charge in [-0.25, -0.2) is 9.67 Å². The third-order valence-electron chi connectivity index (χ3n) is 4.07. The number of methoxy groups -OCH3 is 1. The smallest absolute Gasteiger partial charge is 0.325 e. The molecule has 0 bridgehead atoms. The Labute approximate surface area is 160 Å². The molecule has 0 fully saturated rings. The zero-order valence-corrected chi connectivity index (χ0v) is 16.1. The molecule has 3 aromatic rings. The van der Waals surface area contributed by atoms with Crippen LogP contribution in [-0.4, -0.2) is 38.3 Å². The second-order valence-electron chi connectivity index (χ2n) is 6.05. The fraction of sp³-hybridized carbons (Fsp3) is 0.389. The molecule has 0 saturated heterocycles. The quantitative estimate of drug-likeness (QED) is 0.578. The number of unbranched alkanes of at least 4 members (excludes halogenated alkanes) is 1. The van der Waals surface area contributed by atoms with E-state index in [0.717, 1.165) is 29.5 Å². The zero-order chi connectivity index (χ0) is 19.2. The molecular weight excluding hydrogens is 366 g/mol. The minimum Gasteiger partial charge on any atom is -0.468 e. The van der Waals surface area contributed by atoms with E-state index in [1.807, 2.05) is 6.07 Å². The number of amides is 1. The molecule has 0 radical (unpaired) electrons. The van der Waals surface area contributed by atoms with Gasteiger partial charge in [0.05, 0.1) is 17.3 Å². The molecule has 0 aliphatic heterocycles. The fourth-order valence-corrected chi connectivity index (χ4v) is 3.79. The number of esters is 1. The summed E-state index contributed by atoms with van der Waals surface area (Å²) in [4.78, 5) is 32.6. The van der Waals surface area contributed by atoms with E-state index in [0.29, 0.717) is 4.80 Å². The summed E-state index contributed by atoms with van der Waals surface area (Å²) in [5.41, 5.74) is 2.09. The number of ether oxygens (including phenoxy) is 1. The van der Waals surface area contributed by atoms with Crippen LogP contribution in [0.5, 0.6) is 0 Å². The Hall–Kier alpha value is -2.81. The molecule has 0 spiro atoms. The molecule has 0 saturated carbocycles. The van der Waals surface area contributed by atoms with Crippen LogP contribution in [0.25, 0.3) is 10.2 Å². The van der Waals surface area contributed by atoms with E-state index in [1.54, 1.807) is 4.57 Å². The Morgan fingerprint density at radius 1 is 1.30 bits per heavy atom. The maximum Gasteiger partial charge on any atom is 0.325 e. The van der Waals surface area contributed by atoms with E-state index < -0.39 is 5.97 Å². The molecule has 1 amide bonds. The topological polar surface area (TPSA) is 91.4 Å². The summed E-state index contributed by atoms with van der Waals surface area (Å²) in [5, 5.41) is 3.91. The van der Waals surface area contributed by atoms with Gasteiger partial charge in [-0.2, -0.15) is 10.1 Å². The SMILES string of the molecule is CCCCc1ccc2c(c1)sc(=NC(=O)Cn1cncn1)n2CC(=O)OC. The van der Waals surface area contributed by atoms with E-state index in [2.05, 4.69) is 34.1 Å². The maximum absolute atomic E-state index is 12.3. The number of hydrogen-bond donors (Lipinski definition) is 0. The molecule has 9 heteroatoms. The monoisotopic (exact) mass is 387 g/mol. The third-order valence-corrected chi connectivity index (χ3v) is 5.11. The average molecular weight is 387 g/mol. The maximum atomic E-state index is 12.3. The summed E-state index contributed by atoms with van der Waals surface area (Å²) >= 11 is 1.39. The van der Waals surface area contributed by atoms with Crippen molar-refractivity contribution in [2.75, 3.05) is 7.11 Å². The van der Waals surface area contributed by atoms with Crippen molar-refractivity contribution in [3.8, 4) is 0 Å². The summed E-state index contributed by atoms with van der Waals surface area (Å²) in [6, 6.07) is 6.13. The second-order valence-corrected chi connectivity index (χ2v) is 7.06. The lowest BCUT2D eigenvalue weighted by molar-refractivity contribution is -0.141. The highest BCUT2D eigenvalue weighted by molar-refractivity contribution is 7.16. The van der Waals surface area contributed by atoms with Crippen molar-refractivity contribution in [3.63, 3.8) is 0 Å². The summed E-state index contributed by atoms with van der Waals surface area (Å²) in [5.74, 6) is -0.758. The Bertz CT molecular complexity index is 1000. The molecule has 0 unspecified atom stereocenters. The zero-order valence-electron chi connectivity index (χ0n) is 15.3. The van der Waals surface area contributed by atoms with Gasteiger partial charge < -0.3 is 9.30 Å². The Morgan fingerprint density at radius 2 is 2.15 bits per heavy atom. The van der Waals surface area contributed by atoms with Crippen LogP contribution in [0.1, 0.15) is 25.3 Å². The van der Waals surface area contributed by atoms with Crippen molar-refractivity contribution in [3.05, 3.63) is 41.2 Å². The van der Waals surface area contributed by atoms with Gasteiger partial charge in [0, 0.05) is 0 Å². The van der Waals surface area contributed by atoms with Crippen LogP contribution in [0.2, 0.25) is 0 Å². The predicted octanol–water partition coefficient (Wildman–Crippen LogP) is 1.94. The van der Waals surface area contributed by atoms with Crippen molar-refractivity contribution >= 4 is 33.4 Å². The second kappa shape index (κ2) is 8.72. The van der Waals surface area contributed by atoms with Gasteiger partial charge in [-0.3, -0.25) is 9.59 Å². The summed E-state index contributed by atoms with van der Waals surface area (Å²) < 4.78 is 8.90. The minimum absolute atomic E-state index is 0.000243. The average Bonchev–Trinajstić information content (AvgIpc) is 3.27. The van der Waals surface area contributed by atoms with Gasteiger partial charge in [0.15, 0.2) is 4.80 Å². The largest absolute Gasteiger partial charge is 0.468 e. The van der Waals surface area contributed by atoms with Crippen LogP contribution in [0.3, 0.4) is 0 Å². The first kappa shape index (κ1) is 19.0. The van der Waals surface area contributed by atoms with Crippen molar-refractivity contribution < 1.29 is 14.3 Å². The van der Waals surface area contributed by atoms with Crippen LogP contribution in [-0.2, 0) is 33.8 Å². The molecule has 3 rings (SSSR count). The first-order valence-electron chi connectivity index (χ1n) is 8.69. The van der Waals surface area contributed by atoms with Gasteiger partial charge in [-0.15, -0.1) is 0 Å². The van der Waals surface area contributed by atoms with Crippen LogP contribution >= 0.6 is 11.3 Å². The number of aryl methyl sites for hydroxylation is 1. The molecule has 0 aliphatic carbocycles. The van der Waals surface area contributed by atoms with Crippen LogP contribution < -0.4 is 4.80 Å². The number of rotatable bonds is 7. The number of carbonyl (C=O) groups is 2. The Kier molecular flexibility index (Phi) is 6.12. The lowest BCUT2D eigenvalue weighted by Gasteiger charge is -2.05. The number of benzene rings is 1. The summed E-state index contributed by atoms with van der Waals surface area (Å²) in [6.45, 7) is 2.15. The molecular formula is C18H21N5O3S. The molecule has 0 N–H and O–H groups in total. The van der Waals surface area contributed by atoms with Gasteiger partial charge in [-0.1, -0.05) is 30.7 Å². The number of nitrogens with zero attached hydrogens (tertiary/aromatic N) is 5. The molecule has 27 heavy (non-hydrogen) atoms. The van der Waals surface area contributed by atoms with Crippen LogP contribution in [0.15, 0.2) is 35.8 Å². The number of aromatic nitrogens is 4. The van der Waals surface area contributed by atoms with Crippen molar-refractivity contribution in [1.29, 1.82) is 0 Å². The van der Waals surface area contributed by atoms with E-state index in [4.69, 9.17) is 4.74 Å². The van der Waals surface area contributed by atoms with E-state index >= 15 is 0 Å². The highest BCUT2D eigenvalue weighted by Gasteiger charge is 2.12. The first-order valence-corrected chi connectivity index (χ1v) is 9.51. The van der Waals surface area contributed by atoms with Crippen molar-refractivity contribution in [2.24, 2.45) is 4.99 Å². The lowest BCUT2D eigenvalue weighted by Crippen LogP contribution is -2.23. The molecule has 142 valence electrons. The number of thiazole rings is 1. The standard InChI is InChI=1S/C18H21N5O3S/c1-3-4-5-13-6-7-14-15(8-13)27-18(23(14)10-17(25)26-2)21-16(24)9-22-12-19-11-20-22/h6-8,11-12H,3-5,9-10H2,1-2H3. The van der Waals surface area contributed by atoms with Crippen molar-refractivity contribution in [1.82, 2.24) is 19.3 Å². The Balaban J connectivity index is 2.00. The number of fused-ring (bicyclic) bond motifs is 1. The molecule has 0 atom stereocenters.